The minimum atomic E-state index is -0.321. The number of methoxy groups -OCH3 is 2. The van der Waals surface area contributed by atoms with Crippen LogP contribution in [0.3, 0.4) is 0 Å². The van der Waals surface area contributed by atoms with E-state index in [0.717, 1.165) is 28.3 Å². The Morgan fingerprint density at radius 1 is 0.897 bits per heavy atom. The lowest BCUT2D eigenvalue weighted by molar-refractivity contribution is -0.134. The molecule has 202 valence electrons. The molecular weight excluding hydrogens is 492 g/mol. The Morgan fingerprint density at radius 3 is 2.10 bits per heavy atom. The molecule has 1 aromatic heterocycles. The summed E-state index contributed by atoms with van der Waals surface area (Å²) < 4.78 is 12.4. The van der Waals surface area contributed by atoms with Gasteiger partial charge in [0, 0.05) is 24.0 Å². The van der Waals surface area contributed by atoms with E-state index in [4.69, 9.17) is 14.5 Å². The fourth-order valence-corrected chi connectivity index (χ4v) is 4.22. The van der Waals surface area contributed by atoms with Gasteiger partial charge in [-0.25, -0.2) is 4.98 Å². The summed E-state index contributed by atoms with van der Waals surface area (Å²) in [5.41, 5.74) is 3.27. The Hall–Kier alpha value is -4.59. The maximum atomic E-state index is 13.3. The van der Waals surface area contributed by atoms with E-state index in [9.17, 15) is 9.59 Å². The van der Waals surface area contributed by atoms with Gasteiger partial charge in [-0.3, -0.25) is 19.5 Å². The third-order valence-electron chi connectivity index (χ3n) is 6.16. The number of anilines is 1. The standard InChI is InChI=1S/C31H34N4O4/c1-22(2)19-34(30(37)18-23-8-6-5-7-9-23)21-29(36)33-31-32-28(24-10-14-26(38-3)15-11-24)20-35(31)25-12-16-27(39-4)17-13-25/h5-17,20,22H,18-19,21H2,1-4H3,(H,32,33,36). The molecule has 0 unspecified atom stereocenters. The zero-order chi connectivity index (χ0) is 27.8. The van der Waals surface area contributed by atoms with Gasteiger partial charge < -0.3 is 14.4 Å². The topological polar surface area (TPSA) is 85.7 Å². The van der Waals surface area contributed by atoms with Crippen molar-refractivity contribution in [1.29, 1.82) is 0 Å². The van der Waals surface area contributed by atoms with E-state index in [1.807, 2.05) is 103 Å². The van der Waals surface area contributed by atoms with Crippen molar-refractivity contribution in [2.24, 2.45) is 5.92 Å². The van der Waals surface area contributed by atoms with Gasteiger partial charge in [0.25, 0.3) is 0 Å². The molecule has 0 bridgehead atoms. The molecule has 39 heavy (non-hydrogen) atoms. The Balaban J connectivity index is 1.59. The van der Waals surface area contributed by atoms with Crippen LogP contribution in [0, 0.1) is 5.92 Å². The molecule has 8 heteroatoms. The fourth-order valence-electron chi connectivity index (χ4n) is 4.22. The first-order valence-electron chi connectivity index (χ1n) is 12.9. The monoisotopic (exact) mass is 526 g/mol. The molecule has 1 heterocycles. The second-order valence-corrected chi connectivity index (χ2v) is 9.62. The van der Waals surface area contributed by atoms with Crippen molar-refractivity contribution in [3.63, 3.8) is 0 Å². The van der Waals surface area contributed by atoms with Crippen LogP contribution in [0.5, 0.6) is 11.5 Å². The number of amides is 2. The fraction of sp³-hybridized carbons (Fsp3) is 0.258. The van der Waals surface area contributed by atoms with E-state index in [-0.39, 0.29) is 30.7 Å². The third-order valence-corrected chi connectivity index (χ3v) is 6.16. The number of hydrogen-bond donors (Lipinski definition) is 1. The summed E-state index contributed by atoms with van der Waals surface area (Å²) in [6.07, 6.45) is 2.11. The van der Waals surface area contributed by atoms with Gasteiger partial charge in [-0.2, -0.15) is 0 Å². The zero-order valence-corrected chi connectivity index (χ0v) is 22.8. The summed E-state index contributed by atoms with van der Waals surface area (Å²) in [4.78, 5) is 32.7. The first kappa shape index (κ1) is 27.4. The summed E-state index contributed by atoms with van der Waals surface area (Å²) in [5, 5.41) is 2.94. The third kappa shape index (κ3) is 7.25. The Bertz CT molecular complexity index is 1380. The van der Waals surface area contributed by atoms with Crippen LogP contribution in [0.2, 0.25) is 0 Å². The van der Waals surface area contributed by atoms with Crippen molar-refractivity contribution in [2.45, 2.75) is 20.3 Å². The van der Waals surface area contributed by atoms with Gasteiger partial charge in [0.15, 0.2) is 0 Å². The number of aromatic nitrogens is 2. The maximum absolute atomic E-state index is 13.3. The Kier molecular flexibility index (Phi) is 8.99. The number of ether oxygens (including phenoxy) is 2. The lowest BCUT2D eigenvalue weighted by Gasteiger charge is -2.24. The largest absolute Gasteiger partial charge is 0.497 e. The highest BCUT2D eigenvalue weighted by atomic mass is 16.5. The number of hydrogen-bond acceptors (Lipinski definition) is 5. The summed E-state index contributed by atoms with van der Waals surface area (Å²) in [5.74, 6) is 1.62. The smallest absolute Gasteiger partial charge is 0.246 e. The van der Waals surface area contributed by atoms with Gasteiger partial charge in [0.2, 0.25) is 17.8 Å². The number of carbonyl (C=O) groups is 2. The van der Waals surface area contributed by atoms with Crippen LogP contribution < -0.4 is 14.8 Å². The summed E-state index contributed by atoms with van der Waals surface area (Å²) in [7, 11) is 3.23. The summed E-state index contributed by atoms with van der Waals surface area (Å²) >= 11 is 0. The first-order valence-corrected chi connectivity index (χ1v) is 12.9. The normalized spacial score (nSPS) is 10.8. The number of rotatable bonds is 11. The number of nitrogens with zero attached hydrogens (tertiary/aromatic N) is 3. The highest BCUT2D eigenvalue weighted by Crippen LogP contribution is 2.27. The van der Waals surface area contributed by atoms with Crippen molar-refractivity contribution in [1.82, 2.24) is 14.5 Å². The van der Waals surface area contributed by atoms with E-state index in [2.05, 4.69) is 5.32 Å². The molecule has 0 aliphatic carbocycles. The van der Waals surface area contributed by atoms with Crippen LogP contribution in [-0.4, -0.2) is 53.6 Å². The van der Waals surface area contributed by atoms with E-state index < -0.39 is 0 Å². The molecule has 0 radical (unpaired) electrons. The van der Waals surface area contributed by atoms with Gasteiger partial charge in [-0.05, 0) is 60.0 Å². The molecular formula is C31H34N4O4. The van der Waals surface area contributed by atoms with Crippen LogP contribution in [0.1, 0.15) is 19.4 Å². The molecule has 0 spiro atoms. The zero-order valence-electron chi connectivity index (χ0n) is 22.8. The van der Waals surface area contributed by atoms with Crippen molar-refractivity contribution >= 4 is 17.8 Å². The van der Waals surface area contributed by atoms with Crippen LogP contribution in [0.15, 0.2) is 85.1 Å². The predicted molar refractivity (Wildman–Crippen MR) is 152 cm³/mol. The number of benzene rings is 3. The molecule has 4 aromatic rings. The van der Waals surface area contributed by atoms with Crippen LogP contribution in [0.4, 0.5) is 5.95 Å². The van der Waals surface area contributed by atoms with Gasteiger partial charge in [-0.1, -0.05) is 44.2 Å². The van der Waals surface area contributed by atoms with E-state index in [1.54, 1.807) is 19.1 Å². The second kappa shape index (κ2) is 12.8. The molecule has 0 fully saturated rings. The van der Waals surface area contributed by atoms with Crippen LogP contribution in [0.25, 0.3) is 16.9 Å². The summed E-state index contributed by atoms with van der Waals surface area (Å²) in [6, 6.07) is 24.6. The van der Waals surface area contributed by atoms with Gasteiger partial charge in [0.1, 0.15) is 11.5 Å². The molecule has 0 saturated heterocycles. The summed E-state index contributed by atoms with van der Waals surface area (Å²) in [6.45, 7) is 4.46. The van der Waals surface area contributed by atoms with Crippen molar-refractivity contribution < 1.29 is 19.1 Å². The lowest BCUT2D eigenvalue weighted by Crippen LogP contribution is -2.41. The van der Waals surface area contributed by atoms with Crippen molar-refractivity contribution in [3.8, 4) is 28.4 Å². The van der Waals surface area contributed by atoms with Crippen molar-refractivity contribution in [2.75, 3.05) is 32.6 Å². The predicted octanol–water partition coefficient (Wildman–Crippen LogP) is 5.22. The minimum absolute atomic E-state index is 0.0722. The quantitative estimate of drug-likeness (QED) is 0.290. The number of carbonyl (C=O) groups excluding carboxylic acids is 2. The SMILES string of the molecule is COc1ccc(-c2cn(-c3ccc(OC)cc3)c(NC(=O)CN(CC(C)C)C(=O)Cc3ccccc3)n2)cc1. The van der Waals surface area contributed by atoms with Crippen molar-refractivity contribution in [3.05, 3.63) is 90.6 Å². The van der Waals surface area contributed by atoms with Gasteiger partial charge >= 0.3 is 0 Å². The molecule has 8 nitrogen and oxygen atoms in total. The molecule has 0 aliphatic rings. The average molecular weight is 527 g/mol. The molecule has 2 amide bonds. The van der Waals surface area contributed by atoms with Gasteiger partial charge in [-0.15, -0.1) is 0 Å². The van der Waals surface area contributed by atoms with E-state index in [1.165, 1.54) is 0 Å². The average Bonchev–Trinajstić information content (AvgIpc) is 3.36. The minimum Gasteiger partial charge on any atom is -0.497 e. The molecule has 3 aromatic carbocycles. The highest BCUT2D eigenvalue weighted by Gasteiger charge is 2.21. The molecule has 4 rings (SSSR count). The first-order chi connectivity index (χ1) is 18.9. The number of imidazole rings is 1. The Morgan fingerprint density at radius 2 is 1.51 bits per heavy atom. The van der Waals surface area contributed by atoms with Crippen LogP contribution >= 0.6 is 0 Å². The molecule has 0 atom stereocenters. The Labute approximate surface area is 229 Å². The molecule has 0 saturated carbocycles. The maximum Gasteiger partial charge on any atom is 0.246 e. The second-order valence-electron chi connectivity index (χ2n) is 9.62. The van der Waals surface area contributed by atoms with E-state index in [0.29, 0.717) is 18.2 Å². The molecule has 1 N–H and O–H groups in total. The molecule has 0 aliphatic heterocycles. The van der Waals surface area contributed by atoms with Gasteiger partial charge in [0.05, 0.1) is 32.9 Å². The highest BCUT2D eigenvalue weighted by molar-refractivity contribution is 5.94. The van der Waals surface area contributed by atoms with Crippen LogP contribution in [-0.2, 0) is 16.0 Å². The lowest BCUT2D eigenvalue weighted by atomic mass is 10.1. The van der Waals surface area contributed by atoms with E-state index >= 15 is 0 Å². The number of nitrogens with one attached hydrogen (secondary N) is 1.